The number of nitro groups is 1. The van der Waals surface area contributed by atoms with Crippen LogP contribution < -0.4 is 16.0 Å². The maximum Gasteiger partial charge on any atom is 0.271 e. The van der Waals surface area contributed by atoms with Gasteiger partial charge in [-0.3, -0.25) is 10.1 Å². The lowest BCUT2D eigenvalue weighted by Crippen LogP contribution is -2.23. The van der Waals surface area contributed by atoms with Gasteiger partial charge < -0.3 is 16.0 Å². The van der Waals surface area contributed by atoms with Gasteiger partial charge in [-0.25, -0.2) is 0 Å². The van der Waals surface area contributed by atoms with Crippen molar-refractivity contribution in [1.29, 1.82) is 0 Å². The summed E-state index contributed by atoms with van der Waals surface area (Å²) in [5.74, 6) is 1.88. The van der Waals surface area contributed by atoms with E-state index in [1.807, 2.05) is 13.0 Å². The van der Waals surface area contributed by atoms with Crippen molar-refractivity contribution in [3.63, 3.8) is 0 Å². The Labute approximate surface area is 152 Å². The quantitative estimate of drug-likeness (QED) is 0.501. The molecular formula is C18H24N6O2. The summed E-state index contributed by atoms with van der Waals surface area (Å²) in [6.45, 7) is 2.75. The van der Waals surface area contributed by atoms with E-state index in [1.54, 1.807) is 12.1 Å². The van der Waals surface area contributed by atoms with Gasteiger partial charge >= 0.3 is 0 Å². The van der Waals surface area contributed by atoms with Crippen LogP contribution in [-0.4, -0.2) is 27.5 Å². The van der Waals surface area contributed by atoms with E-state index in [2.05, 4.69) is 25.9 Å². The van der Waals surface area contributed by atoms with E-state index < -0.39 is 4.92 Å². The molecule has 1 aliphatic rings. The molecule has 2 aromatic rings. The average Bonchev–Trinajstić information content (AvgIpc) is 2.63. The van der Waals surface area contributed by atoms with E-state index in [0.29, 0.717) is 23.5 Å². The van der Waals surface area contributed by atoms with Crippen molar-refractivity contribution < 1.29 is 4.92 Å². The van der Waals surface area contributed by atoms with Gasteiger partial charge in [-0.15, -0.1) is 0 Å². The topological polar surface area (TPSA) is 105 Å². The Balaban J connectivity index is 1.80. The van der Waals surface area contributed by atoms with Gasteiger partial charge in [0.05, 0.1) is 4.92 Å². The van der Waals surface area contributed by atoms with Crippen LogP contribution in [0.25, 0.3) is 0 Å². The molecule has 8 heteroatoms. The van der Waals surface area contributed by atoms with Crippen LogP contribution in [-0.2, 0) is 0 Å². The number of nitrogens with one attached hydrogen (secondary N) is 3. The third kappa shape index (κ3) is 4.81. The fourth-order valence-corrected chi connectivity index (χ4v) is 3.13. The molecule has 0 aliphatic heterocycles. The van der Waals surface area contributed by atoms with Crippen LogP contribution in [0.2, 0.25) is 0 Å². The molecule has 3 N–H and O–H groups in total. The molecule has 0 spiro atoms. The van der Waals surface area contributed by atoms with Crippen LogP contribution in [0.15, 0.2) is 30.3 Å². The molecule has 138 valence electrons. The molecule has 0 radical (unpaired) electrons. The minimum absolute atomic E-state index is 0.0263. The van der Waals surface area contributed by atoms with Crippen molar-refractivity contribution in [3.05, 3.63) is 40.4 Å². The van der Waals surface area contributed by atoms with E-state index in [1.165, 1.54) is 31.4 Å². The third-order valence-electron chi connectivity index (χ3n) is 4.35. The van der Waals surface area contributed by atoms with Gasteiger partial charge in [0.1, 0.15) is 11.6 Å². The number of hydrogen-bond acceptors (Lipinski definition) is 7. The number of nitro benzene ring substituents is 1. The van der Waals surface area contributed by atoms with Crippen LogP contribution >= 0.6 is 0 Å². The van der Waals surface area contributed by atoms with Gasteiger partial charge in [0.15, 0.2) is 0 Å². The summed E-state index contributed by atoms with van der Waals surface area (Å²) >= 11 is 0. The number of non-ortho nitro benzene ring substituents is 1. The van der Waals surface area contributed by atoms with Crippen molar-refractivity contribution >= 4 is 29.0 Å². The fourth-order valence-electron chi connectivity index (χ4n) is 3.13. The number of aromatic nitrogens is 2. The second-order valence-corrected chi connectivity index (χ2v) is 6.40. The highest BCUT2D eigenvalue weighted by Crippen LogP contribution is 2.24. The lowest BCUT2D eigenvalue weighted by Gasteiger charge is -2.23. The lowest BCUT2D eigenvalue weighted by atomic mass is 9.95. The van der Waals surface area contributed by atoms with Crippen molar-refractivity contribution in [2.45, 2.75) is 45.1 Å². The SMILES string of the molecule is CCNc1cc(NC2CCCCC2)nc(Nc2cccc([N+](=O)[O-])c2)n1. The van der Waals surface area contributed by atoms with Gasteiger partial charge in [0, 0.05) is 36.5 Å². The summed E-state index contributed by atoms with van der Waals surface area (Å²) in [7, 11) is 0. The zero-order valence-electron chi connectivity index (χ0n) is 14.9. The molecule has 3 rings (SSSR count). The van der Waals surface area contributed by atoms with Crippen molar-refractivity contribution in [3.8, 4) is 0 Å². The molecule has 0 amide bonds. The molecule has 0 bridgehead atoms. The average molecular weight is 356 g/mol. The summed E-state index contributed by atoms with van der Waals surface area (Å²) < 4.78 is 0. The van der Waals surface area contributed by atoms with E-state index >= 15 is 0 Å². The number of nitrogens with zero attached hydrogens (tertiary/aromatic N) is 3. The van der Waals surface area contributed by atoms with Crippen molar-refractivity contribution in [2.75, 3.05) is 22.5 Å². The van der Waals surface area contributed by atoms with Gasteiger partial charge in [0.25, 0.3) is 5.69 Å². The molecule has 1 saturated carbocycles. The Bertz CT molecular complexity index is 761. The van der Waals surface area contributed by atoms with Crippen LogP contribution in [0.4, 0.5) is 29.0 Å². The zero-order valence-corrected chi connectivity index (χ0v) is 14.9. The number of rotatable bonds is 7. The Morgan fingerprint density at radius 3 is 2.65 bits per heavy atom. The Hall–Kier alpha value is -2.90. The predicted molar refractivity (Wildman–Crippen MR) is 103 cm³/mol. The standard InChI is InChI=1S/C18H24N6O2/c1-2-19-16-12-17(20-13-7-4-3-5-8-13)23-18(22-16)21-14-9-6-10-15(11-14)24(25)26/h6,9-13H,2-5,7-8H2,1H3,(H3,19,20,21,22,23). The van der Waals surface area contributed by atoms with Crippen LogP contribution in [0.3, 0.4) is 0 Å². The van der Waals surface area contributed by atoms with Crippen LogP contribution in [0, 0.1) is 10.1 Å². The van der Waals surface area contributed by atoms with Crippen molar-refractivity contribution in [1.82, 2.24) is 9.97 Å². The number of benzene rings is 1. The van der Waals surface area contributed by atoms with E-state index in [0.717, 1.165) is 25.2 Å². The summed E-state index contributed by atoms with van der Waals surface area (Å²) in [6, 6.07) is 8.64. The van der Waals surface area contributed by atoms with Crippen molar-refractivity contribution in [2.24, 2.45) is 0 Å². The molecule has 0 saturated heterocycles. The van der Waals surface area contributed by atoms with Gasteiger partial charge in [-0.1, -0.05) is 25.3 Å². The Morgan fingerprint density at radius 2 is 1.92 bits per heavy atom. The second kappa shape index (κ2) is 8.46. The summed E-state index contributed by atoms with van der Waals surface area (Å²) in [4.78, 5) is 19.5. The maximum atomic E-state index is 10.9. The molecule has 1 aromatic carbocycles. The first-order chi connectivity index (χ1) is 12.6. The molecule has 26 heavy (non-hydrogen) atoms. The van der Waals surface area contributed by atoms with Gasteiger partial charge in [0.2, 0.25) is 5.95 Å². The maximum absolute atomic E-state index is 10.9. The summed E-state index contributed by atoms with van der Waals surface area (Å²) in [6.07, 6.45) is 6.07. The van der Waals surface area contributed by atoms with Gasteiger partial charge in [-0.2, -0.15) is 9.97 Å². The predicted octanol–water partition coefficient (Wildman–Crippen LogP) is 4.30. The molecule has 0 unspecified atom stereocenters. The first kappa shape index (κ1) is 17.9. The Morgan fingerprint density at radius 1 is 1.15 bits per heavy atom. The molecule has 1 fully saturated rings. The van der Waals surface area contributed by atoms with E-state index in [4.69, 9.17) is 0 Å². The smallest absolute Gasteiger partial charge is 0.271 e. The normalized spacial score (nSPS) is 14.7. The lowest BCUT2D eigenvalue weighted by molar-refractivity contribution is -0.384. The summed E-state index contributed by atoms with van der Waals surface area (Å²) in [5, 5.41) is 20.7. The highest BCUT2D eigenvalue weighted by molar-refractivity contribution is 5.61. The summed E-state index contributed by atoms with van der Waals surface area (Å²) in [5.41, 5.74) is 0.606. The van der Waals surface area contributed by atoms with E-state index in [-0.39, 0.29) is 5.69 Å². The molecule has 1 aromatic heterocycles. The minimum atomic E-state index is -0.419. The second-order valence-electron chi connectivity index (χ2n) is 6.40. The molecule has 1 heterocycles. The van der Waals surface area contributed by atoms with Gasteiger partial charge in [-0.05, 0) is 25.8 Å². The Kier molecular flexibility index (Phi) is 5.83. The molecule has 8 nitrogen and oxygen atoms in total. The monoisotopic (exact) mass is 356 g/mol. The van der Waals surface area contributed by atoms with Crippen LogP contribution in [0.1, 0.15) is 39.0 Å². The number of anilines is 4. The first-order valence-electron chi connectivity index (χ1n) is 9.05. The van der Waals surface area contributed by atoms with E-state index in [9.17, 15) is 10.1 Å². The highest BCUT2D eigenvalue weighted by Gasteiger charge is 2.15. The molecule has 0 atom stereocenters. The molecule has 1 aliphatic carbocycles. The highest BCUT2D eigenvalue weighted by atomic mass is 16.6. The molecular weight excluding hydrogens is 332 g/mol. The minimum Gasteiger partial charge on any atom is -0.370 e. The number of hydrogen-bond donors (Lipinski definition) is 3. The largest absolute Gasteiger partial charge is 0.370 e. The first-order valence-corrected chi connectivity index (χ1v) is 9.05. The zero-order chi connectivity index (χ0) is 18.4. The third-order valence-corrected chi connectivity index (χ3v) is 4.35. The van der Waals surface area contributed by atoms with Crippen LogP contribution in [0.5, 0.6) is 0 Å². The fraction of sp³-hybridized carbons (Fsp3) is 0.444.